The minimum atomic E-state index is 0.715. The minimum absolute atomic E-state index is 0.715. The second-order valence-corrected chi connectivity index (χ2v) is 5.29. The summed E-state index contributed by atoms with van der Waals surface area (Å²) in [4.78, 5) is 0. The predicted octanol–water partition coefficient (Wildman–Crippen LogP) is 3.57. The fourth-order valence-electron chi connectivity index (χ4n) is 3.02. The van der Waals surface area contributed by atoms with Crippen LogP contribution in [0, 0.1) is 5.92 Å². The van der Waals surface area contributed by atoms with Crippen molar-refractivity contribution in [2.45, 2.75) is 52.0 Å². The summed E-state index contributed by atoms with van der Waals surface area (Å²) in [5.74, 6) is 0.818. The third kappa shape index (κ3) is 3.10. The van der Waals surface area contributed by atoms with E-state index in [0.29, 0.717) is 6.04 Å². The molecular formula is C16H25N. The van der Waals surface area contributed by atoms with E-state index < -0.39 is 0 Å². The van der Waals surface area contributed by atoms with E-state index in [1.54, 1.807) is 11.1 Å². The molecule has 94 valence electrons. The Bertz CT molecular complexity index is 320. The third-order valence-corrected chi connectivity index (χ3v) is 3.91. The molecule has 1 aliphatic carbocycles. The first-order valence-corrected chi connectivity index (χ1v) is 7.15. The van der Waals surface area contributed by atoms with Crippen molar-refractivity contribution in [3.63, 3.8) is 0 Å². The molecule has 1 unspecified atom stereocenters. The van der Waals surface area contributed by atoms with Gasteiger partial charge in [0.05, 0.1) is 0 Å². The highest BCUT2D eigenvalue weighted by atomic mass is 14.9. The molecule has 0 spiro atoms. The molecule has 0 saturated carbocycles. The Morgan fingerprint density at radius 1 is 1.12 bits per heavy atom. The van der Waals surface area contributed by atoms with E-state index in [1.165, 1.54) is 32.1 Å². The van der Waals surface area contributed by atoms with Gasteiger partial charge in [-0.15, -0.1) is 0 Å². The lowest BCUT2D eigenvalue weighted by Crippen LogP contribution is -2.37. The molecule has 0 amide bonds. The van der Waals surface area contributed by atoms with Crippen molar-refractivity contribution >= 4 is 0 Å². The average Bonchev–Trinajstić information content (AvgIpc) is 2.78. The van der Waals surface area contributed by atoms with Gasteiger partial charge in [-0.2, -0.15) is 0 Å². The number of nitrogens with one attached hydrogen (secondary N) is 1. The largest absolute Gasteiger partial charge is 0.314 e. The molecule has 0 fully saturated rings. The monoisotopic (exact) mass is 231 g/mol. The van der Waals surface area contributed by atoms with Gasteiger partial charge in [0.15, 0.2) is 0 Å². The van der Waals surface area contributed by atoms with Gasteiger partial charge in [-0.25, -0.2) is 0 Å². The average molecular weight is 231 g/mol. The fraction of sp³-hybridized carbons (Fsp3) is 0.625. The van der Waals surface area contributed by atoms with Crippen LogP contribution in [0.1, 0.15) is 44.2 Å². The Morgan fingerprint density at radius 2 is 1.76 bits per heavy atom. The summed E-state index contributed by atoms with van der Waals surface area (Å²) in [7, 11) is 0. The molecule has 1 heteroatoms. The van der Waals surface area contributed by atoms with Gasteiger partial charge < -0.3 is 5.32 Å². The third-order valence-electron chi connectivity index (χ3n) is 3.91. The van der Waals surface area contributed by atoms with Crippen LogP contribution < -0.4 is 5.32 Å². The van der Waals surface area contributed by atoms with Gasteiger partial charge in [0.25, 0.3) is 0 Å². The van der Waals surface area contributed by atoms with Crippen LogP contribution in [0.5, 0.6) is 0 Å². The molecule has 0 saturated heterocycles. The van der Waals surface area contributed by atoms with Crippen LogP contribution in [-0.2, 0) is 12.8 Å². The first-order valence-electron chi connectivity index (χ1n) is 7.15. The van der Waals surface area contributed by atoms with E-state index in [2.05, 4.69) is 43.4 Å². The molecule has 2 rings (SSSR count). The van der Waals surface area contributed by atoms with Crippen LogP contribution in [0.4, 0.5) is 0 Å². The van der Waals surface area contributed by atoms with Crippen LogP contribution in [0.25, 0.3) is 0 Å². The number of hydrogen-bond donors (Lipinski definition) is 1. The summed E-state index contributed by atoms with van der Waals surface area (Å²) < 4.78 is 0. The summed E-state index contributed by atoms with van der Waals surface area (Å²) in [6.07, 6.45) is 6.39. The normalized spacial score (nSPS) is 17.1. The number of rotatable bonds is 6. The first-order chi connectivity index (χ1) is 8.35. The van der Waals surface area contributed by atoms with Gasteiger partial charge in [-0.05, 0) is 49.3 Å². The molecule has 0 bridgehead atoms. The maximum Gasteiger partial charge on any atom is 0.0102 e. The lowest BCUT2D eigenvalue weighted by atomic mass is 9.93. The molecule has 0 radical (unpaired) electrons. The second-order valence-electron chi connectivity index (χ2n) is 5.29. The quantitative estimate of drug-likeness (QED) is 0.789. The van der Waals surface area contributed by atoms with E-state index >= 15 is 0 Å². The van der Waals surface area contributed by atoms with Crippen LogP contribution >= 0.6 is 0 Å². The number of hydrogen-bond acceptors (Lipinski definition) is 1. The van der Waals surface area contributed by atoms with Gasteiger partial charge in [-0.1, -0.05) is 44.5 Å². The molecule has 1 atom stereocenters. The minimum Gasteiger partial charge on any atom is -0.314 e. The molecule has 0 aliphatic heterocycles. The Labute approximate surface area is 106 Å². The van der Waals surface area contributed by atoms with E-state index in [1.807, 2.05) is 0 Å². The van der Waals surface area contributed by atoms with Crippen molar-refractivity contribution in [3.8, 4) is 0 Å². The van der Waals surface area contributed by atoms with E-state index in [4.69, 9.17) is 0 Å². The Morgan fingerprint density at radius 3 is 2.29 bits per heavy atom. The Balaban J connectivity index is 1.98. The highest BCUT2D eigenvalue weighted by molar-refractivity contribution is 5.32. The molecule has 1 aliphatic rings. The molecule has 0 aromatic heterocycles. The zero-order valence-corrected chi connectivity index (χ0v) is 11.2. The Hall–Kier alpha value is -0.820. The first kappa shape index (κ1) is 12.6. The molecule has 0 heterocycles. The van der Waals surface area contributed by atoms with Crippen LogP contribution in [0.2, 0.25) is 0 Å². The van der Waals surface area contributed by atoms with Crippen LogP contribution in [-0.4, -0.2) is 12.6 Å². The molecule has 17 heavy (non-hydrogen) atoms. The maximum atomic E-state index is 3.75. The summed E-state index contributed by atoms with van der Waals surface area (Å²) in [6.45, 7) is 5.71. The molecular weight excluding hydrogens is 206 g/mol. The lowest BCUT2D eigenvalue weighted by Gasteiger charge is -2.24. The summed E-state index contributed by atoms with van der Waals surface area (Å²) in [6, 6.07) is 9.67. The van der Waals surface area contributed by atoms with Crippen molar-refractivity contribution < 1.29 is 0 Å². The van der Waals surface area contributed by atoms with E-state index in [-0.39, 0.29) is 0 Å². The number of fused-ring (bicyclic) bond motifs is 1. The van der Waals surface area contributed by atoms with Crippen LogP contribution in [0.15, 0.2) is 24.3 Å². The van der Waals surface area contributed by atoms with Crippen molar-refractivity contribution in [2.24, 2.45) is 5.92 Å². The van der Waals surface area contributed by atoms with Gasteiger partial charge >= 0.3 is 0 Å². The summed E-state index contributed by atoms with van der Waals surface area (Å²) >= 11 is 0. The molecule has 1 N–H and O–H groups in total. The summed E-state index contributed by atoms with van der Waals surface area (Å²) in [5.41, 5.74) is 3.16. The molecule has 1 nitrogen and oxygen atoms in total. The highest BCUT2D eigenvalue weighted by Crippen LogP contribution is 2.30. The Kier molecular flexibility index (Phi) is 4.61. The van der Waals surface area contributed by atoms with E-state index in [0.717, 1.165) is 12.5 Å². The zero-order valence-electron chi connectivity index (χ0n) is 11.2. The van der Waals surface area contributed by atoms with E-state index in [9.17, 15) is 0 Å². The standard InChI is InChI=1S/C16H25N/c1-3-7-16(17-10-4-2)15-11-13-8-5-6-9-14(13)12-15/h5-6,8-9,15-17H,3-4,7,10-12H2,1-2H3. The van der Waals surface area contributed by atoms with Crippen molar-refractivity contribution in [1.29, 1.82) is 0 Å². The smallest absolute Gasteiger partial charge is 0.0102 e. The topological polar surface area (TPSA) is 12.0 Å². The fourth-order valence-corrected chi connectivity index (χ4v) is 3.02. The van der Waals surface area contributed by atoms with Gasteiger partial charge in [0, 0.05) is 6.04 Å². The highest BCUT2D eigenvalue weighted by Gasteiger charge is 2.27. The van der Waals surface area contributed by atoms with Gasteiger partial charge in [0.2, 0.25) is 0 Å². The SMILES string of the molecule is CCCNC(CCC)C1Cc2ccccc2C1. The van der Waals surface area contributed by atoms with Crippen LogP contribution in [0.3, 0.4) is 0 Å². The lowest BCUT2D eigenvalue weighted by molar-refractivity contribution is 0.343. The molecule has 1 aromatic carbocycles. The predicted molar refractivity (Wildman–Crippen MR) is 74.3 cm³/mol. The van der Waals surface area contributed by atoms with Crippen molar-refractivity contribution in [2.75, 3.05) is 6.54 Å². The maximum absolute atomic E-state index is 3.75. The number of benzene rings is 1. The summed E-state index contributed by atoms with van der Waals surface area (Å²) in [5, 5.41) is 3.75. The zero-order chi connectivity index (χ0) is 12.1. The van der Waals surface area contributed by atoms with Crippen molar-refractivity contribution in [3.05, 3.63) is 35.4 Å². The van der Waals surface area contributed by atoms with Crippen molar-refractivity contribution in [1.82, 2.24) is 5.32 Å². The van der Waals surface area contributed by atoms with Gasteiger partial charge in [0.1, 0.15) is 0 Å². The van der Waals surface area contributed by atoms with Gasteiger partial charge in [-0.3, -0.25) is 0 Å². The molecule has 1 aromatic rings. The second kappa shape index (κ2) is 6.20.